The van der Waals surface area contributed by atoms with E-state index in [1.807, 2.05) is 19.9 Å². The number of esters is 2. The quantitative estimate of drug-likeness (QED) is 0.454. The number of aliphatic hydroxyl groups is 1. The summed E-state index contributed by atoms with van der Waals surface area (Å²) in [4.78, 5) is 23.3. The van der Waals surface area contributed by atoms with Crippen molar-refractivity contribution in [1.82, 2.24) is 0 Å². The molecular weight excluding hydrogens is 284 g/mol. The van der Waals surface area contributed by atoms with Gasteiger partial charge in [0.2, 0.25) is 0 Å². The lowest BCUT2D eigenvalue weighted by molar-refractivity contribution is -0.176. The van der Waals surface area contributed by atoms with Gasteiger partial charge in [0.25, 0.3) is 0 Å². The Labute approximate surface area is 130 Å². The Kier molecular flexibility index (Phi) is 3.44. The highest BCUT2D eigenvalue weighted by atomic mass is 16.6. The normalized spacial score (nSPS) is 43.8. The van der Waals surface area contributed by atoms with E-state index < -0.39 is 23.6 Å². The summed E-state index contributed by atoms with van der Waals surface area (Å²) >= 11 is 0. The zero-order valence-electron chi connectivity index (χ0n) is 13.2. The van der Waals surface area contributed by atoms with Gasteiger partial charge in [-0.25, -0.2) is 4.79 Å². The van der Waals surface area contributed by atoms with Gasteiger partial charge in [0.1, 0.15) is 12.2 Å². The molecule has 2 aliphatic carbocycles. The van der Waals surface area contributed by atoms with Gasteiger partial charge < -0.3 is 14.6 Å². The average Bonchev–Trinajstić information content (AvgIpc) is 2.69. The first-order chi connectivity index (χ1) is 10.3. The molecular formula is C17H22O5. The van der Waals surface area contributed by atoms with Gasteiger partial charge in [-0.1, -0.05) is 25.2 Å². The van der Waals surface area contributed by atoms with Crippen LogP contribution in [0.2, 0.25) is 0 Å². The first-order valence-electron chi connectivity index (χ1n) is 7.67. The van der Waals surface area contributed by atoms with E-state index in [1.54, 1.807) is 0 Å². The first-order valence-corrected chi connectivity index (χ1v) is 7.67. The highest BCUT2D eigenvalue weighted by Gasteiger charge is 2.61. The predicted octanol–water partition coefficient (Wildman–Crippen LogP) is 1.75. The molecule has 3 aliphatic rings. The van der Waals surface area contributed by atoms with Crippen LogP contribution in [0.4, 0.5) is 0 Å². The lowest BCUT2D eigenvalue weighted by Crippen LogP contribution is -2.57. The molecule has 3 rings (SSSR count). The molecule has 1 aliphatic heterocycles. The minimum Gasteiger partial charge on any atom is -0.462 e. The highest BCUT2D eigenvalue weighted by Crippen LogP contribution is 2.56. The van der Waals surface area contributed by atoms with Crippen LogP contribution in [0.5, 0.6) is 0 Å². The maximum absolute atomic E-state index is 11.9. The Morgan fingerprint density at radius 1 is 1.55 bits per heavy atom. The van der Waals surface area contributed by atoms with Crippen LogP contribution < -0.4 is 0 Å². The molecule has 0 amide bonds. The molecule has 120 valence electrons. The number of carbonyl (C=O) groups is 2. The monoisotopic (exact) mass is 306 g/mol. The second kappa shape index (κ2) is 4.95. The molecule has 1 saturated carbocycles. The second-order valence-electron chi connectivity index (χ2n) is 6.96. The van der Waals surface area contributed by atoms with E-state index in [1.165, 1.54) is 6.92 Å². The van der Waals surface area contributed by atoms with Crippen LogP contribution in [-0.2, 0) is 19.1 Å². The molecule has 0 aromatic rings. The van der Waals surface area contributed by atoms with E-state index in [-0.39, 0.29) is 23.9 Å². The van der Waals surface area contributed by atoms with E-state index in [0.717, 1.165) is 5.57 Å². The lowest BCUT2D eigenvalue weighted by atomic mass is 9.54. The minimum absolute atomic E-state index is 0.0674. The van der Waals surface area contributed by atoms with Crippen LogP contribution in [0.25, 0.3) is 0 Å². The standard InChI is InChI=1S/C17H22O5/c1-8-5-6-12(21-10(3)18)17(4)7-11(19)13-9(2)16(20)22-15(13)14(8)17/h5,11-15,19H,2,6-7H2,1,3-4H3. The van der Waals surface area contributed by atoms with E-state index in [2.05, 4.69) is 6.58 Å². The Morgan fingerprint density at radius 2 is 2.23 bits per heavy atom. The van der Waals surface area contributed by atoms with Gasteiger partial charge in [-0.05, 0) is 13.3 Å². The summed E-state index contributed by atoms with van der Waals surface area (Å²) in [5.41, 5.74) is 1.02. The summed E-state index contributed by atoms with van der Waals surface area (Å²) in [5, 5.41) is 10.6. The molecule has 1 N–H and O–H groups in total. The zero-order valence-corrected chi connectivity index (χ0v) is 13.2. The molecule has 2 fully saturated rings. The molecule has 22 heavy (non-hydrogen) atoms. The SMILES string of the molecule is C=C1C(=O)OC2C1C(O)CC1(C)C(OC(C)=O)CC=C(C)C21. The molecule has 0 radical (unpaired) electrons. The second-order valence-corrected chi connectivity index (χ2v) is 6.96. The molecule has 0 spiro atoms. The van der Waals surface area contributed by atoms with Crippen molar-refractivity contribution in [2.45, 2.75) is 51.9 Å². The van der Waals surface area contributed by atoms with Crippen molar-refractivity contribution < 1.29 is 24.2 Å². The third-order valence-corrected chi connectivity index (χ3v) is 5.55. The van der Waals surface area contributed by atoms with Crippen molar-refractivity contribution in [3.63, 3.8) is 0 Å². The maximum atomic E-state index is 11.9. The number of aliphatic hydroxyl groups excluding tert-OH is 1. The fraction of sp³-hybridized carbons (Fsp3) is 0.647. The number of carbonyl (C=O) groups excluding carboxylic acids is 2. The molecule has 6 atom stereocenters. The summed E-state index contributed by atoms with van der Waals surface area (Å²) in [6.45, 7) is 9.20. The van der Waals surface area contributed by atoms with Gasteiger partial charge in [-0.2, -0.15) is 0 Å². The predicted molar refractivity (Wildman–Crippen MR) is 78.7 cm³/mol. The van der Waals surface area contributed by atoms with Gasteiger partial charge >= 0.3 is 11.9 Å². The van der Waals surface area contributed by atoms with E-state index in [4.69, 9.17) is 9.47 Å². The van der Waals surface area contributed by atoms with Gasteiger partial charge in [0, 0.05) is 30.3 Å². The van der Waals surface area contributed by atoms with Crippen molar-refractivity contribution >= 4 is 11.9 Å². The summed E-state index contributed by atoms with van der Waals surface area (Å²) in [7, 11) is 0. The number of hydrogen-bond donors (Lipinski definition) is 1. The Morgan fingerprint density at radius 3 is 2.86 bits per heavy atom. The van der Waals surface area contributed by atoms with Crippen molar-refractivity contribution in [2.24, 2.45) is 17.3 Å². The van der Waals surface area contributed by atoms with Crippen molar-refractivity contribution in [3.8, 4) is 0 Å². The smallest absolute Gasteiger partial charge is 0.334 e. The summed E-state index contributed by atoms with van der Waals surface area (Å²) < 4.78 is 11.0. The molecule has 5 heteroatoms. The van der Waals surface area contributed by atoms with Crippen LogP contribution in [0.15, 0.2) is 23.8 Å². The molecule has 6 unspecified atom stereocenters. The van der Waals surface area contributed by atoms with Gasteiger partial charge in [-0.15, -0.1) is 0 Å². The van der Waals surface area contributed by atoms with Gasteiger partial charge in [-0.3, -0.25) is 4.79 Å². The third-order valence-electron chi connectivity index (χ3n) is 5.55. The molecule has 1 saturated heterocycles. The molecule has 0 bridgehead atoms. The fourth-order valence-corrected chi connectivity index (χ4v) is 4.60. The van der Waals surface area contributed by atoms with Crippen LogP contribution >= 0.6 is 0 Å². The number of ether oxygens (including phenoxy) is 2. The lowest BCUT2D eigenvalue weighted by Gasteiger charge is -2.53. The molecule has 0 aromatic heterocycles. The Bertz CT molecular complexity index is 578. The van der Waals surface area contributed by atoms with Crippen molar-refractivity contribution in [1.29, 1.82) is 0 Å². The maximum Gasteiger partial charge on any atom is 0.334 e. The zero-order chi connectivity index (χ0) is 16.2. The van der Waals surface area contributed by atoms with Crippen LogP contribution in [-0.4, -0.2) is 35.4 Å². The van der Waals surface area contributed by atoms with Crippen molar-refractivity contribution in [3.05, 3.63) is 23.8 Å². The average molecular weight is 306 g/mol. The van der Waals surface area contributed by atoms with E-state index in [9.17, 15) is 14.7 Å². The fourth-order valence-electron chi connectivity index (χ4n) is 4.60. The Hall–Kier alpha value is -1.62. The van der Waals surface area contributed by atoms with Crippen molar-refractivity contribution in [2.75, 3.05) is 0 Å². The van der Waals surface area contributed by atoms with Crippen LogP contribution in [0.3, 0.4) is 0 Å². The molecule has 1 heterocycles. The third kappa shape index (κ3) is 2.02. The topological polar surface area (TPSA) is 72.8 Å². The van der Waals surface area contributed by atoms with Crippen LogP contribution in [0.1, 0.15) is 33.6 Å². The Balaban J connectivity index is 2.03. The summed E-state index contributed by atoms with van der Waals surface area (Å²) in [6, 6.07) is 0. The largest absolute Gasteiger partial charge is 0.462 e. The molecule has 5 nitrogen and oxygen atoms in total. The first kappa shape index (κ1) is 15.3. The molecule has 0 aromatic carbocycles. The van der Waals surface area contributed by atoms with Gasteiger partial charge in [0.15, 0.2) is 0 Å². The highest BCUT2D eigenvalue weighted by molar-refractivity contribution is 5.91. The van der Waals surface area contributed by atoms with E-state index in [0.29, 0.717) is 18.4 Å². The van der Waals surface area contributed by atoms with Crippen LogP contribution in [0, 0.1) is 17.3 Å². The number of fused-ring (bicyclic) bond motifs is 3. The number of rotatable bonds is 1. The van der Waals surface area contributed by atoms with Gasteiger partial charge in [0.05, 0.1) is 12.0 Å². The van der Waals surface area contributed by atoms with E-state index >= 15 is 0 Å². The minimum atomic E-state index is -0.714. The summed E-state index contributed by atoms with van der Waals surface area (Å²) in [6.07, 6.45) is 1.66. The number of hydrogen-bond acceptors (Lipinski definition) is 5. The summed E-state index contributed by atoms with van der Waals surface area (Å²) in [5.74, 6) is -1.20.